The van der Waals surface area contributed by atoms with E-state index in [0.29, 0.717) is 6.42 Å². The van der Waals surface area contributed by atoms with Crippen LogP contribution in [0.1, 0.15) is 26.7 Å². The molecule has 0 aromatic heterocycles. The van der Waals surface area contributed by atoms with Crippen molar-refractivity contribution in [2.75, 3.05) is 0 Å². The molecule has 1 rings (SSSR count). The Balaban J connectivity index is 2.45. The lowest BCUT2D eigenvalue weighted by Crippen LogP contribution is -1.92. The molecule has 2 heteroatoms. The number of hydrogen-bond acceptors (Lipinski definition) is 0. The molecule has 0 aromatic carbocycles. The molecule has 1 aliphatic carbocycles. The van der Waals surface area contributed by atoms with E-state index in [0.717, 1.165) is 6.42 Å². The molecule has 0 N–H and O–H groups in total. The van der Waals surface area contributed by atoms with Gasteiger partial charge in [-0.25, -0.2) is 8.78 Å². The lowest BCUT2D eigenvalue weighted by atomic mass is 10.2. The average Bonchev–Trinajstić information content (AvgIpc) is 2.48. The highest BCUT2D eigenvalue weighted by molar-refractivity contribution is 5.14. The van der Waals surface area contributed by atoms with Crippen LogP contribution >= 0.6 is 0 Å². The molecule has 2 atom stereocenters. The number of hydrogen-bond donors (Lipinski definition) is 0. The van der Waals surface area contributed by atoms with Gasteiger partial charge in [0.05, 0.1) is 0 Å². The fourth-order valence-corrected chi connectivity index (χ4v) is 1.49. The summed E-state index contributed by atoms with van der Waals surface area (Å²) in [6, 6.07) is 0. The van der Waals surface area contributed by atoms with Crippen molar-refractivity contribution in [3.63, 3.8) is 0 Å². The Morgan fingerprint density at radius 2 is 2.00 bits per heavy atom. The van der Waals surface area contributed by atoms with Crippen LogP contribution in [-0.4, -0.2) is 5.92 Å². The highest BCUT2D eigenvalue weighted by Gasteiger charge is 2.65. The van der Waals surface area contributed by atoms with Gasteiger partial charge in [0, 0.05) is 11.8 Å². The second-order valence-electron chi connectivity index (χ2n) is 3.05. The molecule has 0 amide bonds. The van der Waals surface area contributed by atoms with Gasteiger partial charge in [-0.1, -0.05) is 26.0 Å². The Morgan fingerprint density at radius 1 is 1.36 bits per heavy atom. The molecular weight excluding hydrogens is 146 g/mol. The van der Waals surface area contributed by atoms with Crippen LogP contribution in [0.25, 0.3) is 0 Å². The van der Waals surface area contributed by atoms with Gasteiger partial charge in [-0.2, -0.15) is 0 Å². The fourth-order valence-electron chi connectivity index (χ4n) is 1.49. The van der Waals surface area contributed by atoms with Crippen molar-refractivity contribution < 1.29 is 8.78 Å². The molecule has 0 spiro atoms. The molecule has 0 saturated heterocycles. The minimum atomic E-state index is -2.40. The minimum absolute atomic E-state index is 0.384. The lowest BCUT2D eigenvalue weighted by Gasteiger charge is -1.87. The third kappa shape index (κ3) is 1.44. The number of halogens is 2. The Kier molecular flexibility index (Phi) is 2.31. The van der Waals surface area contributed by atoms with Gasteiger partial charge in [-0.15, -0.1) is 0 Å². The molecule has 1 saturated carbocycles. The summed E-state index contributed by atoms with van der Waals surface area (Å²) in [5.74, 6) is -3.25. The summed E-state index contributed by atoms with van der Waals surface area (Å²) in [4.78, 5) is 0. The molecule has 0 nitrogen and oxygen atoms in total. The van der Waals surface area contributed by atoms with Crippen LogP contribution in [0.3, 0.4) is 0 Å². The highest BCUT2D eigenvalue weighted by Crippen LogP contribution is 2.57. The third-order valence-electron chi connectivity index (χ3n) is 2.28. The van der Waals surface area contributed by atoms with E-state index >= 15 is 0 Å². The number of alkyl halides is 2. The molecule has 0 aromatic rings. The molecule has 0 unspecified atom stereocenters. The molecule has 0 heterocycles. The zero-order valence-electron chi connectivity index (χ0n) is 6.98. The minimum Gasteiger partial charge on any atom is -0.206 e. The molecule has 0 aliphatic heterocycles. The second kappa shape index (κ2) is 2.92. The third-order valence-corrected chi connectivity index (χ3v) is 2.28. The van der Waals surface area contributed by atoms with E-state index in [1.54, 1.807) is 6.08 Å². The molecule has 11 heavy (non-hydrogen) atoms. The van der Waals surface area contributed by atoms with Crippen LogP contribution in [0.5, 0.6) is 0 Å². The highest BCUT2D eigenvalue weighted by atomic mass is 19.3. The summed E-state index contributed by atoms with van der Waals surface area (Å²) in [6.07, 6.45) is 4.93. The van der Waals surface area contributed by atoms with Crippen LogP contribution in [0.4, 0.5) is 8.78 Å². The summed E-state index contributed by atoms with van der Waals surface area (Å²) >= 11 is 0. The van der Waals surface area contributed by atoms with Crippen molar-refractivity contribution in [3.05, 3.63) is 12.2 Å². The maximum atomic E-state index is 12.7. The first-order chi connectivity index (χ1) is 5.14. The van der Waals surface area contributed by atoms with Crippen LogP contribution in [0, 0.1) is 11.8 Å². The van der Waals surface area contributed by atoms with Crippen LogP contribution in [-0.2, 0) is 0 Å². The van der Waals surface area contributed by atoms with Crippen molar-refractivity contribution in [1.82, 2.24) is 0 Å². The van der Waals surface area contributed by atoms with Crippen molar-refractivity contribution in [3.8, 4) is 0 Å². The predicted octanol–water partition coefficient (Wildman–Crippen LogP) is 3.24. The van der Waals surface area contributed by atoms with Crippen LogP contribution in [0.2, 0.25) is 0 Å². The van der Waals surface area contributed by atoms with Crippen LogP contribution < -0.4 is 0 Å². The standard InChI is InChI=1S/C9H14F2/c1-3-5-6-8-7(4-2)9(8,10)11/h5-8H,3-4H2,1-2H3/b6-5-/t7-,8+/m0/s1. The van der Waals surface area contributed by atoms with E-state index in [1.807, 2.05) is 19.9 Å². The second-order valence-corrected chi connectivity index (χ2v) is 3.05. The predicted molar refractivity (Wildman–Crippen MR) is 41.6 cm³/mol. The Morgan fingerprint density at radius 3 is 2.36 bits per heavy atom. The van der Waals surface area contributed by atoms with E-state index in [-0.39, 0.29) is 5.92 Å². The monoisotopic (exact) mass is 160 g/mol. The quantitative estimate of drug-likeness (QED) is 0.556. The topological polar surface area (TPSA) is 0 Å². The fraction of sp³-hybridized carbons (Fsp3) is 0.778. The maximum Gasteiger partial charge on any atom is 0.258 e. The smallest absolute Gasteiger partial charge is 0.206 e. The number of allylic oxidation sites excluding steroid dienone is 2. The van der Waals surface area contributed by atoms with Crippen molar-refractivity contribution in [2.45, 2.75) is 32.6 Å². The summed E-state index contributed by atoms with van der Waals surface area (Å²) in [7, 11) is 0. The van der Waals surface area contributed by atoms with Crippen molar-refractivity contribution >= 4 is 0 Å². The van der Waals surface area contributed by atoms with Gasteiger partial charge >= 0.3 is 0 Å². The Hall–Kier alpha value is -0.400. The van der Waals surface area contributed by atoms with E-state index < -0.39 is 11.8 Å². The van der Waals surface area contributed by atoms with E-state index in [1.165, 1.54) is 0 Å². The lowest BCUT2D eigenvalue weighted by molar-refractivity contribution is 0.0893. The van der Waals surface area contributed by atoms with E-state index in [2.05, 4.69) is 0 Å². The van der Waals surface area contributed by atoms with Gasteiger partial charge in [0.2, 0.25) is 0 Å². The zero-order valence-corrected chi connectivity index (χ0v) is 6.98. The first-order valence-corrected chi connectivity index (χ1v) is 4.19. The Labute approximate surface area is 66.3 Å². The van der Waals surface area contributed by atoms with Crippen LogP contribution in [0.15, 0.2) is 12.2 Å². The summed E-state index contributed by atoms with van der Waals surface area (Å²) in [5.41, 5.74) is 0. The van der Waals surface area contributed by atoms with Crippen molar-refractivity contribution in [2.24, 2.45) is 11.8 Å². The van der Waals surface area contributed by atoms with Gasteiger partial charge in [0.1, 0.15) is 0 Å². The summed E-state index contributed by atoms with van der Waals surface area (Å²) < 4.78 is 25.5. The summed E-state index contributed by atoms with van der Waals surface area (Å²) in [5, 5.41) is 0. The van der Waals surface area contributed by atoms with Gasteiger partial charge in [-0.3, -0.25) is 0 Å². The first kappa shape index (κ1) is 8.69. The summed E-state index contributed by atoms with van der Waals surface area (Å²) in [6.45, 7) is 3.77. The first-order valence-electron chi connectivity index (χ1n) is 4.19. The zero-order chi connectivity index (χ0) is 8.48. The molecule has 64 valence electrons. The average molecular weight is 160 g/mol. The largest absolute Gasteiger partial charge is 0.258 e. The number of rotatable bonds is 3. The molecular formula is C9H14F2. The van der Waals surface area contributed by atoms with E-state index in [9.17, 15) is 8.78 Å². The van der Waals surface area contributed by atoms with Gasteiger partial charge in [0.25, 0.3) is 5.92 Å². The molecule has 1 aliphatic rings. The molecule has 0 radical (unpaired) electrons. The van der Waals surface area contributed by atoms with Gasteiger partial charge in [-0.05, 0) is 12.8 Å². The SMILES string of the molecule is CC/C=C\[C@@H]1[C@H](CC)C1(F)F. The van der Waals surface area contributed by atoms with E-state index in [4.69, 9.17) is 0 Å². The Bertz CT molecular complexity index is 161. The maximum absolute atomic E-state index is 12.7. The van der Waals surface area contributed by atoms with Gasteiger partial charge < -0.3 is 0 Å². The van der Waals surface area contributed by atoms with Crippen molar-refractivity contribution in [1.29, 1.82) is 0 Å². The molecule has 0 bridgehead atoms. The normalized spacial score (nSPS) is 34.5. The van der Waals surface area contributed by atoms with Gasteiger partial charge in [0.15, 0.2) is 0 Å². The molecule has 1 fully saturated rings.